The van der Waals surface area contributed by atoms with Gasteiger partial charge in [0.15, 0.2) is 5.76 Å². The lowest BCUT2D eigenvalue weighted by Crippen LogP contribution is -1.94. The lowest BCUT2D eigenvalue weighted by atomic mass is 10.2. The first-order valence-corrected chi connectivity index (χ1v) is 4.54. The predicted molar refractivity (Wildman–Crippen MR) is 57.3 cm³/mol. The Bertz CT molecular complexity index is 496. The fourth-order valence-corrected chi connectivity index (χ4v) is 1.33. The number of ether oxygens (including phenoxy) is 2. The molecule has 6 heteroatoms. The molecule has 2 aromatic heterocycles. The van der Waals surface area contributed by atoms with Gasteiger partial charge in [0.05, 0.1) is 32.2 Å². The van der Waals surface area contributed by atoms with Crippen LogP contribution < -0.4 is 15.2 Å². The van der Waals surface area contributed by atoms with Crippen molar-refractivity contribution in [1.82, 2.24) is 10.1 Å². The van der Waals surface area contributed by atoms with Gasteiger partial charge in [-0.1, -0.05) is 5.16 Å². The highest BCUT2D eigenvalue weighted by atomic mass is 16.5. The number of nitrogen functional groups attached to an aromatic ring is 1. The maximum atomic E-state index is 5.71. The Hall–Kier alpha value is -2.24. The monoisotopic (exact) mass is 221 g/mol. The molecule has 0 saturated carbocycles. The molecule has 16 heavy (non-hydrogen) atoms. The number of nitrogens with two attached hydrogens (primary N) is 1. The highest BCUT2D eigenvalue weighted by Gasteiger charge is 2.15. The van der Waals surface area contributed by atoms with Crippen molar-refractivity contribution in [3.8, 4) is 23.0 Å². The Labute approximate surface area is 92.0 Å². The summed E-state index contributed by atoms with van der Waals surface area (Å²) in [6.07, 6.45) is 2.97. The van der Waals surface area contributed by atoms with Gasteiger partial charge in [0, 0.05) is 6.07 Å². The number of hydrogen-bond donors (Lipinski definition) is 1. The van der Waals surface area contributed by atoms with E-state index in [0.29, 0.717) is 28.6 Å². The summed E-state index contributed by atoms with van der Waals surface area (Å²) in [7, 11) is 3.07. The number of hydrogen-bond acceptors (Lipinski definition) is 6. The summed E-state index contributed by atoms with van der Waals surface area (Å²) >= 11 is 0. The molecule has 2 N–H and O–H groups in total. The Morgan fingerprint density at radius 3 is 2.62 bits per heavy atom. The van der Waals surface area contributed by atoms with E-state index in [1.54, 1.807) is 13.2 Å². The van der Waals surface area contributed by atoms with Crippen LogP contribution in [0.2, 0.25) is 0 Å². The van der Waals surface area contributed by atoms with Gasteiger partial charge < -0.3 is 19.7 Å². The van der Waals surface area contributed by atoms with Crippen molar-refractivity contribution >= 4 is 5.69 Å². The molecule has 0 spiro atoms. The van der Waals surface area contributed by atoms with E-state index in [9.17, 15) is 0 Å². The molecule has 0 fully saturated rings. The van der Waals surface area contributed by atoms with Crippen LogP contribution in [0.1, 0.15) is 0 Å². The van der Waals surface area contributed by atoms with Gasteiger partial charge in [0.25, 0.3) is 0 Å². The van der Waals surface area contributed by atoms with Crippen LogP contribution in [-0.2, 0) is 0 Å². The number of rotatable bonds is 3. The Morgan fingerprint density at radius 2 is 2.06 bits per heavy atom. The zero-order valence-electron chi connectivity index (χ0n) is 8.93. The second-order valence-electron chi connectivity index (χ2n) is 3.04. The summed E-state index contributed by atoms with van der Waals surface area (Å²) < 4.78 is 15.2. The van der Waals surface area contributed by atoms with Crippen molar-refractivity contribution in [3.05, 3.63) is 18.5 Å². The molecular formula is C10H11N3O3. The molecule has 0 atom stereocenters. The first-order valence-electron chi connectivity index (χ1n) is 4.54. The van der Waals surface area contributed by atoms with E-state index >= 15 is 0 Å². The molecule has 0 aromatic carbocycles. The summed E-state index contributed by atoms with van der Waals surface area (Å²) in [5.41, 5.74) is 6.81. The lowest BCUT2D eigenvalue weighted by molar-refractivity contribution is 0.385. The third-order valence-corrected chi connectivity index (χ3v) is 2.11. The van der Waals surface area contributed by atoms with Gasteiger partial charge in [-0.2, -0.15) is 0 Å². The van der Waals surface area contributed by atoms with Crippen molar-refractivity contribution in [3.63, 3.8) is 0 Å². The van der Waals surface area contributed by atoms with Gasteiger partial charge in [-0.25, -0.2) is 4.98 Å². The van der Waals surface area contributed by atoms with Crippen LogP contribution in [0, 0.1) is 0 Å². The predicted octanol–water partition coefficient (Wildman–Crippen LogP) is 1.34. The maximum absolute atomic E-state index is 5.71. The molecule has 0 radical (unpaired) electrons. The zero-order valence-corrected chi connectivity index (χ0v) is 8.93. The number of methoxy groups -OCH3 is 2. The van der Waals surface area contributed by atoms with E-state index in [1.165, 1.54) is 19.5 Å². The number of pyridine rings is 1. The summed E-state index contributed by atoms with van der Waals surface area (Å²) in [4.78, 5) is 4.02. The smallest absolute Gasteiger partial charge is 0.213 e. The highest BCUT2D eigenvalue weighted by molar-refractivity contribution is 5.75. The molecule has 0 aliphatic heterocycles. The van der Waals surface area contributed by atoms with Crippen LogP contribution in [0.3, 0.4) is 0 Å². The average Bonchev–Trinajstić information content (AvgIpc) is 2.74. The molecule has 0 amide bonds. The third kappa shape index (κ3) is 1.65. The summed E-state index contributed by atoms with van der Waals surface area (Å²) in [6, 6.07) is 1.68. The van der Waals surface area contributed by atoms with E-state index in [0.717, 1.165) is 0 Å². The number of aromatic nitrogens is 2. The molecule has 0 bridgehead atoms. The second kappa shape index (κ2) is 4.09. The fraction of sp³-hybridized carbons (Fsp3) is 0.200. The minimum absolute atomic E-state index is 0.437. The van der Waals surface area contributed by atoms with Gasteiger partial charge in [0.2, 0.25) is 5.88 Å². The quantitative estimate of drug-likeness (QED) is 0.841. The number of nitrogens with zero attached hydrogens (tertiary/aromatic N) is 2. The van der Waals surface area contributed by atoms with Crippen molar-refractivity contribution < 1.29 is 14.0 Å². The van der Waals surface area contributed by atoms with Crippen molar-refractivity contribution in [1.29, 1.82) is 0 Å². The fourth-order valence-electron chi connectivity index (χ4n) is 1.33. The van der Waals surface area contributed by atoms with Crippen LogP contribution in [0.4, 0.5) is 5.69 Å². The largest absolute Gasteiger partial charge is 0.494 e. The lowest BCUT2D eigenvalue weighted by Gasteiger charge is -2.07. The van der Waals surface area contributed by atoms with E-state index in [4.69, 9.17) is 19.7 Å². The van der Waals surface area contributed by atoms with E-state index in [-0.39, 0.29) is 0 Å². The molecule has 0 unspecified atom stereocenters. The van der Waals surface area contributed by atoms with Gasteiger partial charge in [-0.15, -0.1) is 0 Å². The first-order chi connectivity index (χ1) is 7.76. The number of anilines is 1. The molecule has 84 valence electrons. The standard InChI is InChI=1S/C10H11N3O3/c1-14-8-5-12-9(15-2)3-6(8)10-7(11)4-13-16-10/h3-5H,11H2,1-2H3. The van der Waals surface area contributed by atoms with E-state index in [2.05, 4.69) is 10.1 Å². The van der Waals surface area contributed by atoms with Crippen LogP contribution >= 0.6 is 0 Å². The summed E-state index contributed by atoms with van der Waals surface area (Å²) in [5, 5.41) is 3.61. The van der Waals surface area contributed by atoms with Gasteiger partial charge >= 0.3 is 0 Å². The molecule has 0 aliphatic rings. The van der Waals surface area contributed by atoms with Gasteiger partial charge in [-0.3, -0.25) is 0 Å². The Balaban J connectivity index is 2.57. The van der Waals surface area contributed by atoms with Gasteiger partial charge in [-0.05, 0) is 0 Å². The maximum Gasteiger partial charge on any atom is 0.213 e. The first kappa shape index (κ1) is 10.3. The minimum atomic E-state index is 0.437. The average molecular weight is 221 g/mol. The molecular weight excluding hydrogens is 210 g/mol. The molecule has 0 aliphatic carbocycles. The molecule has 2 heterocycles. The normalized spacial score (nSPS) is 10.1. The van der Waals surface area contributed by atoms with Crippen LogP contribution in [0.15, 0.2) is 23.0 Å². The zero-order chi connectivity index (χ0) is 11.5. The minimum Gasteiger partial charge on any atom is -0.494 e. The van der Waals surface area contributed by atoms with E-state index in [1.807, 2.05) is 0 Å². The second-order valence-corrected chi connectivity index (χ2v) is 3.04. The Kier molecular flexibility index (Phi) is 2.63. The van der Waals surface area contributed by atoms with Crippen LogP contribution in [0.5, 0.6) is 11.6 Å². The highest BCUT2D eigenvalue weighted by Crippen LogP contribution is 2.34. The topological polar surface area (TPSA) is 83.4 Å². The molecule has 2 rings (SSSR count). The SMILES string of the molecule is COc1cc(-c2oncc2N)c(OC)cn1. The summed E-state index contributed by atoms with van der Waals surface area (Å²) in [6.45, 7) is 0. The van der Waals surface area contributed by atoms with Crippen molar-refractivity contribution in [2.45, 2.75) is 0 Å². The molecule has 0 saturated heterocycles. The molecule has 6 nitrogen and oxygen atoms in total. The van der Waals surface area contributed by atoms with Crippen LogP contribution in [-0.4, -0.2) is 24.4 Å². The van der Waals surface area contributed by atoms with Crippen molar-refractivity contribution in [2.75, 3.05) is 20.0 Å². The molecule has 2 aromatic rings. The van der Waals surface area contributed by atoms with Gasteiger partial charge in [0.1, 0.15) is 11.4 Å². The Morgan fingerprint density at radius 1 is 1.25 bits per heavy atom. The van der Waals surface area contributed by atoms with Crippen LogP contribution in [0.25, 0.3) is 11.3 Å². The van der Waals surface area contributed by atoms with E-state index < -0.39 is 0 Å². The van der Waals surface area contributed by atoms with Crippen molar-refractivity contribution in [2.24, 2.45) is 0 Å². The summed E-state index contributed by atoms with van der Waals surface area (Å²) in [5.74, 6) is 1.44. The third-order valence-electron chi connectivity index (χ3n) is 2.11.